The van der Waals surface area contributed by atoms with Crippen molar-refractivity contribution in [1.29, 1.82) is 0 Å². The van der Waals surface area contributed by atoms with Crippen LogP contribution < -0.4 is 5.56 Å². The lowest BCUT2D eigenvalue weighted by molar-refractivity contribution is 0.470. The maximum absolute atomic E-state index is 12.4. The molecule has 0 aliphatic carbocycles. The molecule has 0 amide bonds. The highest BCUT2D eigenvalue weighted by atomic mass is 16.3. The third kappa shape index (κ3) is 2.70. The van der Waals surface area contributed by atoms with E-state index in [2.05, 4.69) is 13.8 Å². The molecule has 100 valence electrons. The van der Waals surface area contributed by atoms with E-state index in [0.29, 0.717) is 11.5 Å². The van der Waals surface area contributed by atoms with Gasteiger partial charge < -0.3 is 9.67 Å². The normalized spacial score (nSPS) is 10.9. The first-order chi connectivity index (χ1) is 9.00. The summed E-state index contributed by atoms with van der Waals surface area (Å²) in [6.45, 7) is 4.18. The number of pyridine rings is 1. The standard InChI is InChI=1S/C16H19NO2/c1-11(2)9-13-10-14(18)15(16(19)17(13)3)12-7-5-4-6-8-12/h4-8,10-11,18H,9H2,1-3H3. The van der Waals surface area contributed by atoms with Gasteiger partial charge in [-0.3, -0.25) is 4.79 Å². The van der Waals surface area contributed by atoms with E-state index in [4.69, 9.17) is 0 Å². The van der Waals surface area contributed by atoms with E-state index >= 15 is 0 Å². The minimum Gasteiger partial charge on any atom is -0.507 e. The largest absolute Gasteiger partial charge is 0.507 e. The zero-order chi connectivity index (χ0) is 14.0. The molecule has 1 aromatic carbocycles. The molecule has 0 spiro atoms. The molecular weight excluding hydrogens is 238 g/mol. The Labute approximate surface area is 113 Å². The molecule has 0 unspecified atom stereocenters. The summed E-state index contributed by atoms with van der Waals surface area (Å²) in [5.41, 5.74) is 1.83. The number of aromatic nitrogens is 1. The molecule has 1 aromatic heterocycles. The van der Waals surface area contributed by atoms with Crippen molar-refractivity contribution < 1.29 is 5.11 Å². The van der Waals surface area contributed by atoms with Crippen LogP contribution in [0.1, 0.15) is 19.5 Å². The summed E-state index contributed by atoms with van der Waals surface area (Å²) in [5, 5.41) is 10.1. The first kappa shape index (κ1) is 13.4. The molecule has 0 aliphatic heterocycles. The SMILES string of the molecule is CC(C)Cc1cc(O)c(-c2ccccc2)c(=O)n1C. The molecule has 1 N–H and O–H groups in total. The average Bonchev–Trinajstić information content (AvgIpc) is 2.36. The summed E-state index contributed by atoms with van der Waals surface area (Å²) < 4.78 is 1.63. The van der Waals surface area contributed by atoms with Crippen LogP contribution in [0, 0.1) is 5.92 Å². The van der Waals surface area contributed by atoms with Crippen molar-refractivity contribution in [3.63, 3.8) is 0 Å². The summed E-state index contributed by atoms with van der Waals surface area (Å²) in [5.74, 6) is 0.498. The predicted octanol–water partition coefficient (Wildman–Crippen LogP) is 2.96. The Balaban J connectivity index is 2.60. The lowest BCUT2D eigenvalue weighted by atomic mass is 10.0. The summed E-state index contributed by atoms with van der Waals surface area (Å²) >= 11 is 0. The molecule has 1 heterocycles. The van der Waals surface area contributed by atoms with Gasteiger partial charge in [-0.05, 0) is 17.9 Å². The number of hydrogen-bond donors (Lipinski definition) is 1. The number of hydrogen-bond acceptors (Lipinski definition) is 2. The molecule has 0 saturated carbocycles. The first-order valence-electron chi connectivity index (χ1n) is 6.48. The summed E-state index contributed by atoms with van der Waals surface area (Å²) in [7, 11) is 1.76. The Hall–Kier alpha value is -2.03. The van der Waals surface area contributed by atoms with E-state index in [-0.39, 0.29) is 11.3 Å². The minimum absolute atomic E-state index is 0.0601. The van der Waals surface area contributed by atoms with E-state index in [1.54, 1.807) is 17.7 Å². The van der Waals surface area contributed by atoms with Crippen molar-refractivity contribution in [1.82, 2.24) is 4.57 Å². The molecule has 19 heavy (non-hydrogen) atoms. The molecular formula is C16H19NO2. The van der Waals surface area contributed by atoms with Crippen LogP contribution in [0.4, 0.5) is 0 Å². The lowest BCUT2D eigenvalue weighted by Crippen LogP contribution is -2.22. The van der Waals surface area contributed by atoms with Gasteiger partial charge in [0.2, 0.25) is 0 Å². The maximum atomic E-state index is 12.4. The molecule has 0 fully saturated rings. The number of aromatic hydroxyl groups is 1. The van der Waals surface area contributed by atoms with Gasteiger partial charge in [0.25, 0.3) is 5.56 Å². The zero-order valence-corrected chi connectivity index (χ0v) is 11.6. The van der Waals surface area contributed by atoms with Gasteiger partial charge in [-0.2, -0.15) is 0 Å². The van der Waals surface area contributed by atoms with Crippen molar-refractivity contribution >= 4 is 0 Å². The van der Waals surface area contributed by atoms with Crippen molar-refractivity contribution in [3.05, 3.63) is 52.4 Å². The van der Waals surface area contributed by atoms with E-state index in [1.165, 1.54) is 0 Å². The third-order valence-electron chi connectivity index (χ3n) is 3.19. The Morgan fingerprint density at radius 3 is 2.42 bits per heavy atom. The minimum atomic E-state index is -0.151. The lowest BCUT2D eigenvalue weighted by Gasteiger charge is -2.14. The van der Waals surface area contributed by atoms with Crippen LogP contribution >= 0.6 is 0 Å². The zero-order valence-electron chi connectivity index (χ0n) is 11.6. The predicted molar refractivity (Wildman–Crippen MR) is 77.3 cm³/mol. The van der Waals surface area contributed by atoms with Crippen molar-refractivity contribution in [2.75, 3.05) is 0 Å². The van der Waals surface area contributed by atoms with Gasteiger partial charge in [0.1, 0.15) is 5.75 Å². The van der Waals surface area contributed by atoms with Crippen molar-refractivity contribution in [3.8, 4) is 16.9 Å². The Bertz CT molecular complexity index is 627. The molecule has 3 nitrogen and oxygen atoms in total. The van der Waals surface area contributed by atoms with Gasteiger partial charge in [0, 0.05) is 18.8 Å². The number of rotatable bonds is 3. The van der Waals surface area contributed by atoms with E-state index < -0.39 is 0 Å². The van der Waals surface area contributed by atoms with Gasteiger partial charge in [0.15, 0.2) is 0 Å². The second kappa shape index (κ2) is 5.31. The van der Waals surface area contributed by atoms with Crippen LogP contribution in [0.3, 0.4) is 0 Å². The second-order valence-corrected chi connectivity index (χ2v) is 5.22. The summed E-state index contributed by atoms with van der Waals surface area (Å²) in [6.07, 6.45) is 0.772. The fraction of sp³-hybridized carbons (Fsp3) is 0.312. The van der Waals surface area contributed by atoms with Crippen LogP contribution in [0.25, 0.3) is 11.1 Å². The van der Waals surface area contributed by atoms with Gasteiger partial charge in [-0.15, -0.1) is 0 Å². The molecule has 2 aromatic rings. The molecule has 0 saturated heterocycles. The van der Waals surface area contributed by atoms with Crippen molar-refractivity contribution in [2.45, 2.75) is 20.3 Å². The topological polar surface area (TPSA) is 42.2 Å². The Kier molecular flexibility index (Phi) is 3.74. The second-order valence-electron chi connectivity index (χ2n) is 5.22. The maximum Gasteiger partial charge on any atom is 0.262 e. The highest BCUT2D eigenvalue weighted by Crippen LogP contribution is 2.26. The molecule has 3 heteroatoms. The van der Waals surface area contributed by atoms with Crippen LogP contribution in [0.2, 0.25) is 0 Å². The van der Waals surface area contributed by atoms with Gasteiger partial charge in [-0.1, -0.05) is 44.2 Å². The average molecular weight is 257 g/mol. The fourth-order valence-corrected chi connectivity index (χ4v) is 2.22. The summed E-state index contributed by atoms with van der Waals surface area (Å²) in [6, 6.07) is 11.0. The highest BCUT2D eigenvalue weighted by Gasteiger charge is 2.14. The first-order valence-corrected chi connectivity index (χ1v) is 6.48. The van der Waals surface area contributed by atoms with E-state index in [0.717, 1.165) is 17.7 Å². The third-order valence-corrected chi connectivity index (χ3v) is 3.19. The smallest absolute Gasteiger partial charge is 0.262 e. The number of benzene rings is 1. The van der Waals surface area contributed by atoms with Crippen LogP contribution in [0.5, 0.6) is 5.75 Å². The van der Waals surface area contributed by atoms with Crippen LogP contribution in [-0.2, 0) is 13.5 Å². The molecule has 2 rings (SSSR count). The molecule has 0 bridgehead atoms. The van der Waals surface area contributed by atoms with Crippen LogP contribution in [-0.4, -0.2) is 9.67 Å². The Morgan fingerprint density at radius 1 is 1.21 bits per heavy atom. The molecule has 0 aliphatic rings. The fourth-order valence-electron chi connectivity index (χ4n) is 2.22. The van der Waals surface area contributed by atoms with Crippen LogP contribution in [0.15, 0.2) is 41.2 Å². The van der Waals surface area contributed by atoms with E-state index in [1.807, 2.05) is 30.3 Å². The van der Waals surface area contributed by atoms with Crippen molar-refractivity contribution in [2.24, 2.45) is 13.0 Å². The quantitative estimate of drug-likeness (QED) is 0.918. The monoisotopic (exact) mass is 257 g/mol. The summed E-state index contributed by atoms with van der Waals surface area (Å²) in [4.78, 5) is 12.4. The highest BCUT2D eigenvalue weighted by molar-refractivity contribution is 5.69. The van der Waals surface area contributed by atoms with Gasteiger partial charge in [0.05, 0.1) is 5.56 Å². The van der Waals surface area contributed by atoms with Gasteiger partial charge >= 0.3 is 0 Å². The van der Waals surface area contributed by atoms with E-state index in [9.17, 15) is 9.90 Å². The molecule has 0 atom stereocenters. The number of nitrogens with zero attached hydrogens (tertiary/aromatic N) is 1. The van der Waals surface area contributed by atoms with Gasteiger partial charge in [-0.25, -0.2) is 0 Å². The Morgan fingerprint density at radius 2 is 1.84 bits per heavy atom. The molecule has 0 radical (unpaired) electrons.